The van der Waals surface area contributed by atoms with Crippen LogP contribution in [0.1, 0.15) is 37.6 Å². The molecule has 1 unspecified atom stereocenters. The summed E-state index contributed by atoms with van der Waals surface area (Å²) in [6.45, 7) is 7.65. The molecule has 0 spiro atoms. The Kier molecular flexibility index (Phi) is 6.02. The average Bonchev–Trinajstić information content (AvgIpc) is 2.86. The minimum atomic E-state index is -1.12. The van der Waals surface area contributed by atoms with E-state index in [2.05, 4.69) is 10.4 Å². The van der Waals surface area contributed by atoms with Gasteiger partial charge in [0.25, 0.3) is 0 Å². The summed E-state index contributed by atoms with van der Waals surface area (Å²) in [5, 5.41) is 16.2. The number of alkyl carbamates (subject to hydrolysis) is 1. The van der Waals surface area contributed by atoms with Crippen molar-refractivity contribution >= 4 is 12.1 Å². The van der Waals surface area contributed by atoms with Gasteiger partial charge in [-0.1, -0.05) is 30.3 Å². The van der Waals surface area contributed by atoms with Crippen LogP contribution in [0.15, 0.2) is 36.5 Å². The largest absolute Gasteiger partial charge is 0.480 e. The molecule has 0 bridgehead atoms. The van der Waals surface area contributed by atoms with E-state index in [-0.39, 0.29) is 6.42 Å². The Morgan fingerprint density at radius 2 is 1.92 bits per heavy atom. The number of nitrogens with zero attached hydrogens (tertiary/aromatic N) is 2. The van der Waals surface area contributed by atoms with Crippen LogP contribution < -0.4 is 5.32 Å². The lowest BCUT2D eigenvalue weighted by Gasteiger charge is -2.22. The Hall–Kier alpha value is -2.83. The highest BCUT2D eigenvalue weighted by atomic mass is 16.6. The fourth-order valence-electron chi connectivity index (χ4n) is 2.47. The first-order valence-corrected chi connectivity index (χ1v) is 8.43. The molecular formula is C19H25N3O4. The van der Waals surface area contributed by atoms with Crippen molar-refractivity contribution in [1.29, 1.82) is 0 Å². The monoisotopic (exact) mass is 359 g/mol. The van der Waals surface area contributed by atoms with Gasteiger partial charge in [-0.3, -0.25) is 4.68 Å². The summed E-state index contributed by atoms with van der Waals surface area (Å²) in [7, 11) is 0. The minimum absolute atomic E-state index is 0.134. The maximum absolute atomic E-state index is 11.9. The van der Waals surface area contributed by atoms with Gasteiger partial charge >= 0.3 is 12.1 Å². The van der Waals surface area contributed by atoms with Crippen molar-refractivity contribution in [1.82, 2.24) is 15.1 Å². The predicted molar refractivity (Wildman–Crippen MR) is 97.0 cm³/mol. The van der Waals surface area contributed by atoms with Crippen LogP contribution in [0.25, 0.3) is 0 Å². The van der Waals surface area contributed by atoms with E-state index in [1.54, 1.807) is 27.0 Å². The first kappa shape index (κ1) is 19.5. The highest BCUT2D eigenvalue weighted by Gasteiger charge is 2.25. The number of carbonyl (C=O) groups excluding carboxylic acids is 1. The fourth-order valence-corrected chi connectivity index (χ4v) is 2.47. The molecule has 140 valence electrons. The summed E-state index contributed by atoms with van der Waals surface area (Å²) in [6.07, 6.45) is 1.03. The molecule has 0 aliphatic rings. The summed E-state index contributed by atoms with van der Waals surface area (Å²) < 4.78 is 6.95. The third kappa shape index (κ3) is 5.61. The average molecular weight is 359 g/mol. The zero-order valence-corrected chi connectivity index (χ0v) is 15.5. The second-order valence-corrected chi connectivity index (χ2v) is 7.14. The molecule has 1 aromatic heterocycles. The Labute approximate surface area is 153 Å². The van der Waals surface area contributed by atoms with Crippen LogP contribution in [0.3, 0.4) is 0 Å². The molecule has 0 saturated heterocycles. The highest BCUT2D eigenvalue weighted by molar-refractivity contribution is 5.80. The number of hydrogen-bond acceptors (Lipinski definition) is 4. The summed E-state index contributed by atoms with van der Waals surface area (Å²) in [5.41, 5.74) is 2.05. The summed E-state index contributed by atoms with van der Waals surface area (Å²) >= 11 is 0. The molecule has 0 fully saturated rings. The molecule has 1 amide bonds. The molecule has 26 heavy (non-hydrogen) atoms. The van der Waals surface area contributed by atoms with E-state index in [0.717, 1.165) is 16.8 Å². The molecule has 2 rings (SSSR count). The van der Waals surface area contributed by atoms with Crippen molar-refractivity contribution in [3.8, 4) is 0 Å². The van der Waals surface area contributed by atoms with Crippen LogP contribution in [0, 0.1) is 6.92 Å². The lowest BCUT2D eigenvalue weighted by molar-refractivity contribution is -0.139. The molecule has 2 N–H and O–H groups in total. The lowest BCUT2D eigenvalue weighted by Crippen LogP contribution is -2.44. The summed E-state index contributed by atoms with van der Waals surface area (Å²) in [6, 6.07) is 8.79. The van der Waals surface area contributed by atoms with Crippen molar-refractivity contribution in [2.45, 2.75) is 52.3 Å². The molecule has 0 saturated carbocycles. The molecular weight excluding hydrogens is 334 g/mol. The van der Waals surface area contributed by atoms with E-state index in [0.29, 0.717) is 6.54 Å². The molecule has 0 aliphatic heterocycles. The van der Waals surface area contributed by atoms with Crippen LogP contribution in [0.2, 0.25) is 0 Å². The van der Waals surface area contributed by atoms with Gasteiger partial charge in [0.15, 0.2) is 0 Å². The van der Waals surface area contributed by atoms with Gasteiger partial charge in [-0.25, -0.2) is 9.59 Å². The topological polar surface area (TPSA) is 93.4 Å². The number of amides is 1. The van der Waals surface area contributed by atoms with E-state index >= 15 is 0 Å². The van der Waals surface area contributed by atoms with E-state index in [1.807, 2.05) is 41.9 Å². The summed E-state index contributed by atoms with van der Waals surface area (Å²) in [5.74, 6) is -1.12. The molecule has 1 heterocycles. The molecule has 2 aromatic rings. The first-order valence-electron chi connectivity index (χ1n) is 8.43. The number of carboxylic acids is 1. The van der Waals surface area contributed by atoms with Gasteiger partial charge in [-0.05, 0) is 38.8 Å². The van der Waals surface area contributed by atoms with E-state index < -0.39 is 23.7 Å². The number of carbonyl (C=O) groups is 2. The first-order chi connectivity index (χ1) is 12.2. The zero-order chi connectivity index (χ0) is 19.3. The number of aliphatic carboxylic acids is 1. The predicted octanol–water partition coefficient (Wildman–Crippen LogP) is 2.76. The van der Waals surface area contributed by atoms with Gasteiger partial charge in [0.1, 0.15) is 11.6 Å². The maximum atomic E-state index is 11.9. The third-order valence-corrected chi connectivity index (χ3v) is 3.79. The smallest absolute Gasteiger partial charge is 0.408 e. The zero-order valence-electron chi connectivity index (χ0n) is 15.5. The molecule has 7 nitrogen and oxygen atoms in total. The molecule has 1 aromatic carbocycles. The molecule has 0 radical (unpaired) electrons. The van der Waals surface area contributed by atoms with Crippen LogP contribution in [-0.2, 0) is 22.5 Å². The standard InChI is InChI=1S/C19H25N3O4/c1-13-15(11-20-22(13)12-14-8-6-5-7-9-14)10-16(17(23)24)21-18(25)26-19(2,3)4/h5-9,11,16H,10,12H2,1-4H3,(H,21,25)(H,23,24). The van der Waals surface area contributed by atoms with Crippen LogP contribution >= 0.6 is 0 Å². The molecule has 7 heteroatoms. The SMILES string of the molecule is Cc1c(CC(NC(=O)OC(C)(C)C)C(=O)O)cnn1Cc1ccccc1. The van der Waals surface area contributed by atoms with Gasteiger partial charge in [0, 0.05) is 12.1 Å². The number of nitrogens with one attached hydrogen (secondary N) is 1. The Bertz CT molecular complexity index is 763. The lowest BCUT2D eigenvalue weighted by atomic mass is 10.1. The van der Waals surface area contributed by atoms with Gasteiger partial charge in [0.05, 0.1) is 12.7 Å². The number of ether oxygens (including phenoxy) is 1. The van der Waals surface area contributed by atoms with Crippen LogP contribution in [0.5, 0.6) is 0 Å². The van der Waals surface area contributed by atoms with E-state index in [9.17, 15) is 14.7 Å². The van der Waals surface area contributed by atoms with Crippen molar-refractivity contribution in [2.24, 2.45) is 0 Å². The second kappa shape index (κ2) is 8.03. The van der Waals surface area contributed by atoms with Gasteiger partial charge < -0.3 is 15.2 Å². The third-order valence-electron chi connectivity index (χ3n) is 3.79. The maximum Gasteiger partial charge on any atom is 0.408 e. The van der Waals surface area contributed by atoms with Gasteiger partial charge in [0.2, 0.25) is 0 Å². The number of carboxylic acid groups (broad SMARTS) is 1. The Balaban J connectivity index is 2.07. The van der Waals surface area contributed by atoms with Crippen LogP contribution in [0.4, 0.5) is 4.79 Å². The second-order valence-electron chi connectivity index (χ2n) is 7.14. The van der Waals surface area contributed by atoms with E-state index in [1.165, 1.54) is 0 Å². The van der Waals surface area contributed by atoms with Crippen molar-refractivity contribution in [2.75, 3.05) is 0 Å². The minimum Gasteiger partial charge on any atom is -0.480 e. The number of hydrogen-bond donors (Lipinski definition) is 2. The van der Waals surface area contributed by atoms with Crippen molar-refractivity contribution in [3.63, 3.8) is 0 Å². The molecule has 1 atom stereocenters. The fraction of sp³-hybridized carbons (Fsp3) is 0.421. The highest BCUT2D eigenvalue weighted by Crippen LogP contribution is 2.13. The van der Waals surface area contributed by atoms with E-state index in [4.69, 9.17) is 4.74 Å². The van der Waals surface area contributed by atoms with Crippen LogP contribution in [-0.4, -0.2) is 38.6 Å². The summed E-state index contributed by atoms with van der Waals surface area (Å²) in [4.78, 5) is 23.4. The number of aromatic nitrogens is 2. The normalized spacial score (nSPS) is 12.5. The molecule has 0 aliphatic carbocycles. The van der Waals surface area contributed by atoms with Crippen molar-refractivity contribution < 1.29 is 19.4 Å². The quantitative estimate of drug-likeness (QED) is 0.827. The Morgan fingerprint density at radius 3 is 2.50 bits per heavy atom. The van der Waals surface area contributed by atoms with Gasteiger partial charge in [-0.2, -0.15) is 5.10 Å². The number of benzene rings is 1. The van der Waals surface area contributed by atoms with Crippen molar-refractivity contribution in [3.05, 3.63) is 53.3 Å². The van der Waals surface area contributed by atoms with Gasteiger partial charge in [-0.15, -0.1) is 0 Å². The Morgan fingerprint density at radius 1 is 1.27 bits per heavy atom. The number of rotatable bonds is 6.